The fraction of sp³-hybridized carbons (Fsp3) is 0.733. The third-order valence-corrected chi connectivity index (χ3v) is 13.1. The molecule has 204 valence electrons. The van der Waals surface area contributed by atoms with Gasteiger partial charge in [-0.25, -0.2) is 0 Å². The fourth-order valence-corrected chi connectivity index (χ4v) is 10.3. The van der Waals surface area contributed by atoms with Crippen LogP contribution in [0.2, 0.25) is 0 Å². The molecular weight excluding hydrogens is 552 g/mol. The normalized spacial score (nSPS) is 41.9. The molecule has 5 nitrogen and oxygen atoms in total. The molecule has 1 aromatic carbocycles. The molecule has 6 atom stereocenters. The van der Waals surface area contributed by atoms with E-state index in [1.807, 2.05) is 12.1 Å². The van der Waals surface area contributed by atoms with E-state index in [4.69, 9.17) is 14.2 Å². The van der Waals surface area contributed by atoms with Gasteiger partial charge in [-0.1, -0.05) is 32.4 Å². The SMILES string of the molecule is COc1ccc(Br)c(S[C@]23CCC4(C[C@]2(O)CC[C@@H]2C3=CC[C@]3(C)[C@@H](O)CC[C@@H]23)OCC(C)(C)CO4)c1. The van der Waals surface area contributed by atoms with Gasteiger partial charge in [-0.15, -0.1) is 11.8 Å². The number of aliphatic hydroxyl groups is 2. The zero-order valence-corrected chi connectivity index (χ0v) is 24.9. The second-order valence-corrected chi connectivity index (χ2v) is 15.5. The van der Waals surface area contributed by atoms with E-state index in [1.54, 1.807) is 18.9 Å². The molecule has 0 unspecified atom stereocenters. The largest absolute Gasteiger partial charge is 0.497 e. The number of rotatable bonds is 3. The molecule has 1 heterocycles. The van der Waals surface area contributed by atoms with E-state index in [1.165, 1.54) is 5.57 Å². The summed E-state index contributed by atoms with van der Waals surface area (Å²) in [5.41, 5.74) is 0.347. The lowest BCUT2D eigenvalue weighted by atomic mass is 9.52. The lowest BCUT2D eigenvalue weighted by Gasteiger charge is -2.63. The van der Waals surface area contributed by atoms with Crippen LogP contribution >= 0.6 is 27.7 Å². The molecule has 0 radical (unpaired) electrons. The highest BCUT2D eigenvalue weighted by atomic mass is 79.9. The van der Waals surface area contributed by atoms with Crippen LogP contribution in [0.25, 0.3) is 0 Å². The molecule has 4 fully saturated rings. The second-order valence-electron chi connectivity index (χ2n) is 13.3. The summed E-state index contributed by atoms with van der Waals surface area (Å²) in [5, 5.41) is 23.7. The summed E-state index contributed by atoms with van der Waals surface area (Å²) in [6, 6.07) is 6.09. The molecule has 1 saturated heterocycles. The molecule has 1 aliphatic heterocycles. The second kappa shape index (κ2) is 8.97. The molecule has 3 saturated carbocycles. The molecule has 7 heteroatoms. The van der Waals surface area contributed by atoms with Gasteiger partial charge in [0.1, 0.15) is 5.75 Å². The standard InChI is InChI=1S/C30H41BrO5S/c1-26(2)17-35-29(36-18-26)13-14-30(37-24-15-19(34-4)5-7-23(24)31)22-10-11-27(3)21(6-8-25(27)32)20(22)9-12-28(30,33)16-29/h5,7,10,15,20-21,25,32-33H,6,8-9,11-14,16-18H2,1-4H3/t20-,21-,25-,27-,28+,30-/m0/s1. The summed E-state index contributed by atoms with van der Waals surface area (Å²) < 4.78 is 19.0. The van der Waals surface area contributed by atoms with E-state index in [0.717, 1.165) is 53.6 Å². The third kappa shape index (κ3) is 4.09. The van der Waals surface area contributed by atoms with Crippen LogP contribution in [0.5, 0.6) is 5.75 Å². The predicted molar refractivity (Wildman–Crippen MR) is 149 cm³/mol. The third-order valence-electron chi connectivity index (χ3n) is 10.4. The van der Waals surface area contributed by atoms with Crippen LogP contribution in [0.3, 0.4) is 0 Å². The first kappa shape index (κ1) is 26.6. The Bertz CT molecular complexity index is 1100. The minimum absolute atomic E-state index is 0.0140. The lowest BCUT2D eigenvalue weighted by Crippen LogP contribution is -2.67. The Morgan fingerprint density at radius 3 is 2.54 bits per heavy atom. The molecule has 5 aliphatic rings. The summed E-state index contributed by atoms with van der Waals surface area (Å²) in [6.07, 6.45) is 8.66. The van der Waals surface area contributed by atoms with Crippen molar-refractivity contribution < 1.29 is 24.4 Å². The highest BCUT2D eigenvalue weighted by Gasteiger charge is 2.67. The molecule has 37 heavy (non-hydrogen) atoms. The van der Waals surface area contributed by atoms with Gasteiger partial charge in [0, 0.05) is 33.0 Å². The van der Waals surface area contributed by atoms with Gasteiger partial charge in [-0.3, -0.25) is 0 Å². The van der Waals surface area contributed by atoms with Crippen molar-refractivity contribution in [2.24, 2.45) is 22.7 Å². The fourth-order valence-electron chi connectivity index (χ4n) is 8.15. The van der Waals surface area contributed by atoms with Crippen LogP contribution in [-0.4, -0.2) is 52.8 Å². The van der Waals surface area contributed by atoms with E-state index in [9.17, 15) is 10.2 Å². The number of methoxy groups -OCH3 is 1. The van der Waals surface area contributed by atoms with Gasteiger partial charge >= 0.3 is 0 Å². The quantitative estimate of drug-likeness (QED) is 0.391. The Morgan fingerprint density at radius 1 is 1.05 bits per heavy atom. The number of hydrogen-bond acceptors (Lipinski definition) is 6. The number of thioether (sulfide) groups is 1. The Hall–Kier alpha value is -0.570. The van der Waals surface area contributed by atoms with Crippen molar-refractivity contribution in [2.75, 3.05) is 20.3 Å². The average molecular weight is 594 g/mol. The molecule has 1 spiro atoms. The number of hydrogen-bond donors (Lipinski definition) is 2. The van der Waals surface area contributed by atoms with E-state index < -0.39 is 16.1 Å². The number of benzene rings is 1. The summed E-state index contributed by atoms with van der Waals surface area (Å²) >= 11 is 5.59. The van der Waals surface area contributed by atoms with Crippen LogP contribution in [0.4, 0.5) is 0 Å². The maximum absolute atomic E-state index is 12.7. The topological polar surface area (TPSA) is 68.2 Å². The summed E-state index contributed by atoms with van der Waals surface area (Å²) in [4.78, 5) is 1.08. The van der Waals surface area contributed by atoms with Crippen molar-refractivity contribution in [1.82, 2.24) is 0 Å². The lowest BCUT2D eigenvalue weighted by molar-refractivity contribution is -0.331. The minimum Gasteiger partial charge on any atom is -0.497 e. The molecule has 6 rings (SSSR count). The molecule has 0 amide bonds. The number of fused-ring (bicyclic) bond motifs is 5. The van der Waals surface area contributed by atoms with Crippen LogP contribution in [0.15, 0.2) is 39.2 Å². The van der Waals surface area contributed by atoms with E-state index >= 15 is 0 Å². The Kier molecular flexibility index (Phi) is 6.46. The number of ether oxygens (including phenoxy) is 3. The molecule has 1 aromatic rings. The van der Waals surface area contributed by atoms with Crippen LogP contribution in [-0.2, 0) is 9.47 Å². The zero-order chi connectivity index (χ0) is 26.3. The van der Waals surface area contributed by atoms with Crippen molar-refractivity contribution in [3.63, 3.8) is 0 Å². The Balaban J connectivity index is 1.43. The summed E-state index contributed by atoms with van der Waals surface area (Å²) in [5.74, 6) is 0.932. The molecular formula is C30H41BrO5S. The summed E-state index contributed by atoms with van der Waals surface area (Å²) in [7, 11) is 1.70. The summed E-state index contributed by atoms with van der Waals surface area (Å²) in [6.45, 7) is 7.91. The number of allylic oxidation sites excluding steroid dienone is 1. The maximum atomic E-state index is 12.7. The minimum atomic E-state index is -0.965. The molecule has 4 aliphatic carbocycles. The zero-order valence-electron chi connectivity index (χ0n) is 22.5. The maximum Gasteiger partial charge on any atom is 0.171 e. The van der Waals surface area contributed by atoms with Crippen molar-refractivity contribution in [3.8, 4) is 5.75 Å². The predicted octanol–water partition coefficient (Wildman–Crippen LogP) is 6.49. The van der Waals surface area contributed by atoms with Crippen molar-refractivity contribution in [1.29, 1.82) is 0 Å². The molecule has 2 N–H and O–H groups in total. The van der Waals surface area contributed by atoms with Crippen LogP contribution in [0.1, 0.15) is 72.1 Å². The highest BCUT2D eigenvalue weighted by molar-refractivity contribution is 9.10. The van der Waals surface area contributed by atoms with Crippen molar-refractivity contribution in [2.45, 2.75) is 99.3 Å². The van der Waals surface area contributed by atoms with Gasteiger partial charge < -0.3 is 24.4 Å². The molecule has 0 aromatic heterocycles. The van der Waals surface area contributed by atoms with Crippen LogP contribution < -0.4 is 4.74 Å². The van der Waals surface area contributed by atoms with Crippen molar-refractivity contribution in [3.05, 3.63) is 34.3 Å². The first-order valence-corrected chi connectivity index (χ1v) is 15.5. The Labute approximate surface area is 233 Å². The van der Waals surface area contributed by atoms with Gasteiger partial charge in [0.25, 0.3) is 0 Å². The van der Waals surface area contributed by atoms with Gasteiger partial charge in [0.05, 0.1) is 36.8 Å². The first-order valence-electron chi connectivity index (χ1n) is 13.9. The molecule has 0 bridgehead atoms. The number of halogens is 1. The van der Waals surface area contributed by atoms with Gasteiger partial charge in [-0.05, 0) is 84.5 Å². The van der Waals surface area contributed by atoms with Gasteiger partial charge in [-0.2, -0.15) is 0 Å². The number of aliphatic hydroxyl groups excluding tert-OH is 1. The average Bonchev–Trinajstić information content (AvgIpc) is 3.17. The van der Waals surface area contributed by atoms with E-state index in [-0.39, 0.29) is 16.9 Å². The first-order chi connectivity index (χ1) is 17.4. The highest BCUT2D eigenvalue weighted by Crippen LogP contribution is 2.68. The van der Waals surface area contributed by atoms with Crippen molar-refractivity contribution >= 4 is 27.7 Å². The van der Waals surface area contributed by atoms with E-state index in [2.05, 4.69) is 48.8 Å². The van der Waals surface area contributed by atoms with Gasteiger partial charge in [0.2, 0.25) is 0 Å². The van der Waals surface area contributed by atoms with E-state index in [0.29, 0.717) is 37.9 Å². The monoisotopic (exact) mass is 592 g/mol. The smallest absolute Gasteiger partial charge is 0.171 e. The van der Waals surface area contributed by atoms with Crippen LogP contribution in [0, 0.1) is 22.7 Å². The van der Waals surface area contributed by atoms with Gasteiger partial charge in [0.15, 0.2) is 5.79 Å². The Morgan fingerprint density at radius 2 is 1.81 bits per heavy atom.